The van der Waals surface area contributed by atoms with Crippen LogP contribution in [-0.2, 0) is 11.2 Å². The van der Waals surface area contributed by atoms with Crippen molar-refractivity contribution in [2.24, 2.45) is 11.8 Å². The van der Waals surface area contributed by atoms with Crippen molar-refractivity contribution in [3.05, 3.63) is 29.3 Å². The van der Waals surface area contributed by atoms with Crippen LogP contribution in [-0.4, -0.2) is 23.6 Å². The van der Waals surface area contributed by atoms with Crippen LogP contribution in [0.1, 0.15) is 81.1 Å². The first-order valence-corrected chi connectivity index (χ1v) is 11.1. The number of anilines is 1. The molecule has 0 radical (unpaired) electrons. The molecule has 1 aliphatic heterocycles. The third kappa shape index (κ3) is 4.74. The first-order valence-electron chi connectivity index (χ1n) is 10.6. The Balaban J connectivity index is 1.68. The number of halogens is 1. The van der Waals surface area contributed by atoms with E-state index in [9.17, 15) is 9.59 Å². The topological polar surface area (TPSA) is 37.4 Å². The van der Waals surface area contributed by atoms with E-state index in [0.717, 1.165) is 49.4 Å². The summed E-state index contributed by atoms with van der Waals surface area (Å²) in [6, 6.07) is 5.72. The normalized spacial score (nSPS) is 23.6. The highest BCUT2D eigenvalue weighted by Gasteiger charge is 2.32. The number of unbranched alkanes of at least 4 members (excludes halogenated alkanes) is 1. The molecule has 0 aromatic heterocycles. The highest BCUT2D eigenvalue weighted by molar-refractivity contribution is 6.33. The molecule has 1 amide bonds. The molecule has 4 heteroatoms. The number of hydrogen-bond acceptors (Lipinski definition) is 2. The molecule has 0 spiro atoms. The van der Waals surface area contributed by atoms with E-state index in [2.05, 4.69) is 6.92 Å². The lowest BCUT2D eigenvalue weighted by molar-refractivity contribution is -0.123. The molecule has 3 nitrogen and oxygen atoms in total. The summed E-state index contributed by atoms with van der Waals surface area (Å²) in [6.07, 6.45) is 10.2. The van der Waals surface area contributed by atoms with E-state index in [0.29, 0.717) is 5.56 Å². The SMILES string of the molecule is CCCCC1CCC(C(=O)N2CCCc3cc(C(=O)C(C)Cl)ccc32)CC1. The van der Waals surface area contributed by atoms with Crippen molar-refractivity contribution in [2.75, 3.05) is 11.4 Å². The molecule has 1 fully saturated rings. The lowest BCUT2D eigenvalue weighted by Crippen LogP contribution is -2.41. The zero-order valence-corrected chi connectivity index (χ0v) is 17.4. The van der Waals surface area contributed by atoms with E-state index in [-0.39, 0.29) is 17.6 Å². The summed E-state index contributed by atoms with van der Waals surface area (Å²) in [6.45, 7) is 4.74. The van der Waals surface area contributed by atoms with Crippen molar-refractivity contribution in [3.63, 3.8) is 0 Å². The minimum absolute atomic E-state index is 0.0479. The van der Waals surface area contributed by atoms with Crippen LogP contribution in [0.3, 0.4) is 0 Å². The molecular formula is C23H32ClNO2. The molecule has 1 atom stereocenters. The van der Waals surface area contributed by atoms with E-state index in [4.69, 9.17) is 11.6 Å². The molecule has 1 unspecified atom stereocenters. The van der Waals surface area contributed by atoms with Crippen LogP contribution >= 0.6 is 11.6 Å². The quantitative estimate of drug-likeness (QED) is 0.457. The fourth-order valence-electron chi connectivity index (χ4n) is 4.62. The Morgan fingerprint density at radius 2 is 1.96 bits per heavy atom. The number of Topliss-reactive ketones (excluding diaryl/α,β-unsaturated/α-hetero) is 1. The maximum absolute atomic E-state index is 13.2. The Morgan fingerprint density at radius 1 is 1.22 bits per heavy atom. The first-order chi connectivity index (χ1) is 13.0. The monoisotopic (exact) mass is 389 g/mol. The van der Waals surface area contributed by atoms with E-state index in [1.54, 1.807) is 6.92 Å². The number of carbonyl (C=O) groups is 2. The second-order valence-corrected chi connectivity index (χ2v) is 8.93. The second-order valence-electron chi connectivity index (χ2n) is 8.28. The minimum Gasteiger partial charge on any atom is -0.312 e. The van der Waals surface area contributed by atoms with Gasteiger partial charge >= 0.3 is 0 Å². The van der Waals surface area contributed by atoms with Gasteiger partial charge in [-0.3, -0.25) is 9.59 Å². The Morgan fingerprint density at radius 3 is 2.63 bits per heavy atom. The van der Waals surface area contributed by atoms with Gasteiger partial charge in [-0.05, 0) is 75.1 Å². The largest absolute Gasteiger partial charge is 0.312 e. The van der Waals surface area contributed by atoms with Gasteiger partial charge in [-0.1, -0.05) is 26.2 Å². The molecule has 1 heterocycles. The van der Waals surface area contributed by atoms with Gasteiger partial charge in [0, 0.05) is 23.7 Å². The Hall–Kier alpha value is -1.35. The van der Waals surface area contributed by atoms with E-state index < -0.39 is 5.38 Å². The Kier molecular flexibility index (Phi) is 6.97. The van der Waals surface area contributed by atoms with Crippen LogP contribution in [0.2, 0.25) is 0 Å². The van der Waals surface area contributed by atoms with Gasteiger partial charge in [-0.15, -0.1) is 11.6 Å². The number of fused-ring (bicyclic) bond motifs is 1. The maximum atomic E-state index is 13.2. The molecule has 1 aromatic carbocycles. The van der Waals surface area contributed by atoms with E-state index in [1.807, 2.05) is 23.1 Å². The molecule has 3 rings (SSSR count). The van der Waals surface area contributed by atoms with Crippen molar-refractivity contribution >= 4 is 29.0 Å². The lowest BCUT2D eigenvalue weighted by atomic mass is 9.79. The highest BCUT2D eigenvalue weighted by Crippen LogP contribution is 2.36. The van der Waals surface area contributed by atoms with Crippen molar-refractivity contribution < 1.29 is 9.59 Å². The van der Waals surface area contributed by atoms with Gasteiger partial charge in [0.25, 0.3) is 0 Å². The number of aryl methyl sites for hydroxylation is 1. The van der Waals surface area contributed by atoms with Gasteiger partial charge in [0.2, 0.25) is 5.91 Å². The third-order valence-electron chi connectivity index (χ3n) is 6.27. The van der Waals surface area contributed by atoms with Gasteiger partial charge in [-0.2, -0.15) is 0 Å². The fourth-order valence-corrected chi connectivity index (χ4v) is 4.75. The number of ketones is 1. The standard InChI is InChI=1S/C23H32ClNO2/c1-3-4-6-17-8-10-18(11-9-17)23(27)25-14-5-7-19-15-20(12-13-21(19)25)22(26)16(2)24/h12-13,15-18H,3-11,14H2,1-2H3. The first kappa shape index (κ1) is 20.4. The number of rotatable bonds is 6. The van der Waals surface area contributed by atoms with Crippen LogP contribution < -0.4 is 4.90 Å². The highest BCUT2D eigenvalue weighted by atomic mass is 35.5. The van der Waals surface area contributed by atoms with Crippen molar-refractivity contribution in [2.45, 2.75) is 77.0 Å². The number of alkyl halides is 1. The Labute approximate surface area is 168 Å². The van der Waals surface area contributed by atoms with Crippen molar-refractivity contribution in [1.29, 1.82) is 0 Å². The van der Waals surface area contributed by atoms with E-state index in [1.165, 1.54) is 32.1 Å². The average Bonchev–Trinajstić information content (AvgIpc) is 2.70. The molecule has 27 heavy (non-hydrogen) atoms. The zero-order valence-electron chi connectivity index (χ0n) is 16.7. The van der Waals surface area contributed by atoms with Crippen LogP contribution in [0.5, 0.6) is 0 Å². The van der Waals surface area contributed by atoms with Gasteiger partial charge in [0.15, 0.2) is 5.78 Å². The number of amides is 1. The van der Waals surface area contributed by atoms with Crippen LogP contribution in [0.25, 0.3) is 0 Å². The second kappa shape index (κ2) is 9.23. The molecule has 0 saturated heterocycles. The van der Waals surface area contributed by atoms with Gasteiger partial charge in [0.05, 0.1) is 5.38 Å². The predicted molar refractivity (Wildman–Crippen MR) is 112 cm³/mol. The third-order valence-corrected chi connectivity index (χ3v) is 6.47. The Bertz CT molecular complexity index is 677. The molecule has 0 N–H and O–H groups in total. The molecule has 2 aliphatic rings. The van der Waals surface area contributed by atoms with Crippen molar-refractivity contribution in [3.8, 4) is 0 Å². The van der Waals surface area contributed by atoms with Gasteiger partial charge < -0.3 is 4.90 Å². The number of hydrogen-bond donors (Lipinski definition) is 0. The molecular weight excluding hydrogens is 358 g/mol. The summed E-state index contributed by atoms with van der Waals surface area (Å²) in [4.78, 5) is 27.4. The lowest BCUT2D eigenvalue weighted by Gasteiger charge is -2.35. The number of carbonyl (C=O) groups excluding carboxylic acids is 2. The van der Waals surface area contributed by atoms with Crippen molar-refractivity contribution in [1.82, 2.24) is 0 Å². The average molecular weight is 390 g/mol. The summed E-state index contributed by atoms with van der Waals surface area (Å²) < 4.78 is 0. The summed E-state index contributed by atoms with van der Waals surface area (Å²) in [5.74, 6) is 1.22. The van der Waals surface area contributed by atoms with Crippen LogP contribution in [0.4, 0.5) is 5.69 Å². The van der Waals surface area contributed by atoms with Gasteiger partial charge in [-0.25, -0.2) is 0 Å². The summed E-state index contributed by atoms with van der Waals surface area (Å²) in [5.41, 5.74) is 2.76. The molecule has 1 aromatic rings. The minimum atomic E-state index is -0.521. The number of nitrogens with zero attached hydrogens (tertiary/aromatic N) is 1. The predicted octanol–water partition coefficient (Wildman–Crippen LogP) is 5.77. The van der Waals surface area contributed by atoms with Crippen LogP contribution in [0, 0.1) is 11.8 Å². The molecule has 148 valence electrons. The zero-order chi connectivity index (χ0) is 19.4. The smallest absolute Gasteiger partial charge is 0.230 e. The fraction of sp³-hybridized carbons (Fsp3) is 0.652. The molecule has 1 saturated carbocycles. The van der Waals surface area contributed by atoms with E-state index >= 15 is 0 Å². The maximum Gasteiger partial charge on any atom is 0.230 e. The molecule has 1 aliphatic carbocycles. The summed E-state index contributed by atoms with van der Waals surface area (Å²) in [7, 11) is 0. The molecule has 0 bridgehead atoms. The summed E-state index contributed by atoms with van der Waals surface area (Å²) >= 11 is 5.96. The van der Waals surface area contributed by atoms with Gasteiger partial charge in [0.1, 0.15) is 0 Å². The summed E-state index contributed by atoms with van der Waals surface area (Å²) in [5, 5.41) is -0.521. The van der Waals surface area contributed by atoms with Crippen LogP contribution in [0.15, 0.2) is 18.2 Å². The number of benzene rings is 1.